The number of rotatable bonds is 3. The molecule has 0 aliphatic carbocycles. The summed E-state index contributed by atoms with van der Waals surface area (Å²) in [5.41, 5.74) is 3.53. The van der Waals surface area contributed by atoms with Crippen molar-refractivity contribution in [1.82, 2.24) is 20.0 Å². The fourth-order valence-electron chi connectivity index (χ4n) is 4.79. The van der Waals surface area contributed by atoms with Crippen LogP contribution in [-0.4, -0.2) is 51.4 Å². The quantitative estimate of drug-likeness (QED) is 0.883. The number of nitrogens with one attached hydrogen (secondary N) is 1. The van der Waals surface area contributed by atoms with E-state index in [-0.39, 0.29) is 35.5 Å². The maximum Gasteiger partial charge on any atom is 0.227 e. The Morgan fingerprint density at radius 1 is 1.25 bits per heavy atom. The molecule has 28 heavy (non-hydrogen) atoms. The van der Waals surface area contributed by atoms with Crippen molar-refractivity contribution in [2.75, 3.05) is 19.6 Å². The van der Waals surface area contributed by atoms with Crippen LogP contribution >= 0.6 is 0 Å². The first kappa shape index (κ1) is 18.7. The van der Waals surface area contributed by atoms with Crippen molar-refractivity contribution in [3.8, 4) is 0 Å². The summed E-state index contributed by atoms with van der Waals surface area (Å²) in [5.74, 6) is 0.107. The van der Waals surface area contributed by atoms with Crippen LogP contribution in [0.4, 0.5) is 4.39 Å². The number of aromatic amines is 1. The van der Waals surface area contributed by atoms with Crippen LogP contribution in [0.3, 0.4) is 0 Å². The van der Waals surface area contributed by atoms with E-state index in [4.69, 9.17) is 0 Å². The number of carbonyl (C=O) groups is 2. The van der Waals surface area contributed by atoms with E-state index in [1.807, 2.05) is 29.7 Å². The summed E-state index contributed by atoms with van der Waals surface area (Å²) in [5, 5.41) is 7.09. The second-order valence-electron chi connectivity index (χ2n) is 7.98. The van der Waals surface area contributed by atoms with E-state index < -0.39 is 0 Å². The van der Waals surface area contributed by atoms with Gasteiger partial charge in [0.15, 0.2) is 0 Å². The van der Waals surface area contributed by atoms with Gasteiger partial charge in [0.1, 0.15) is 5.82 Å². The van der Waals surface area contributed by atoms with Crippen LogP contribution in [0, 0.1) is 31.5 Å². The highest BCUT2D eigenvalue weighted by atomic mass is 19.1. The lowest BCUT2D eigenvalue weighted by Crippen LogP contribution is -2.37. The standard InChI is InChI=1S/C21H25FN4O2/c1-12-18(13(2)24-23-12)8-20(28)25-9-16-10-26(14(3)27)21(19(16)11-25)15-5-4-6-17(22)7-15/h4-7,16,19,21H,8-11H2,1-3H3,(H,23,24)/t16-,19-,21+/m1/s1. The van der Waals surface area contributed by atoms with Crippen molar-refractivity contribution in [1.29, 1.82) is 0 Å². The average Bonchev–Trinajstić information content (AvgIpc) is 3.29. The van der Waals surface area contributed by atoms with Crippen LogP contribution in [0.5, 0.6) is 0 Å². The Morgan fingerprint density at radius 3 is 2.68 bits per heavy atom. The summed E-state index contributed by atoms with van der Waals surface area (Å²) in [4.78, 5) is 28.8. The van der Waals surface area contributed by atoms with Crippen molar-refractivity contribution in [3.63, 3.8) is 0 Å². The van der Waals surface area contributed by atoms with Crippen LogP contribution in [0.15, 0.2) is 24.3 Å². The summed E-state index contributed by atoms with van der Waals surface area (Å²) in [6, 6.07) is 6.28. The molecule has 0 bridgehead atoms. The monoisotopic (exact) mass is 384 g/mol. The van der Waals surface area contributed by atoms with E-state index in [1.54, 1.807) is 13.0 Å². The third kappa shape index (κ3) is 3.19. The molecule has 2 aromatic rings. The summed E-state index contributed by atoms with van der Waals surface area (Å²) in [7, 11) is 0. The molecule has 1 aromatic heterocycles. The van der Waals surface area contributed by atoms with Crippen molar-refractivity contribution in [2.45, 2.75) is 33.2 Å². The van der Waals surface area contributed by atoms with Gasteiger partial charge in [-0.3, -0.25) is 14.7 Å². The van der Waals surface area contributed by atoms with Gasteiger partial charge in [-0.25, -0.2) is 4.39 Å². The molecule has 4 rings (SSSR count). The Bertz CT molecular complexity index is 905. The number of halogens is 1. The van der Waals surface area contributed by atoms with Crippen LogP contribution in [0.1, 0.15) is 35.5 Å². The Morgan fingerprint density at radius 2 is 2.04 bits per heavy atom. The second-order valence-corrected chi connectivity index (χ2v) is 7.98. The van der Waals surface area contributed by atoms with E-state index in [1.165, 1.54) is 12.1 Å². The predicted octanol–water partition coefficient (Wildman–Crippen LogP) is 2.39. The van der Waals surface area contributed by atoms with Gasteiger partial charge >= 0.3 is 0 Å². The van der Waals surface area contributed by atoms with E-state index >= 15 is 0 Å². The molecule has 1 aromatic carbocycles. The van der Waals surface area contributed by atoms with Crippen molar-refractivity contribution in [3.05, 3.63) is 52.6 Å². The average molecular weight is 384 g/mol. The van der Waals surface area contributed by atoms with Crippen molar-refractivity contribution in [2.24, 2.45) is 11.8 Å². The van der Waals surface area contributed by atoms with Crippen molar-refractivity contribution < 1.29 is 14.0 Å². The fourth-order valence-corrected chi connectivity index (χ4v) is 4.79. The Hall–Kier alpha value is -2.70. The molecule has 2 amide bonds. The normalized spacial score (nSPS) is 23.9. The van der Waals surface area contributed by atoms with Gasteiger partial charge in [0.2, 0.25) is 11.8 Å². The third-order valence-corrected chi connectivity index (χ3v) is 6.22. The van der Waals surface area contributed by atoms with Gasteiger partial charge < -0.3 is 9.80 Å². The van der Waals surface area contributed by atoms with Gasteiger partial charge in [0.25, 0.3) is 0 Å². The molecule has 3 atom stereocenters. The van der Waals surface area contributed by atoms with Gasteiger partial charge in [-0.1, -0.05) is 12.1 Å². The molecule has 148 valence electrons. The first-order valence-corrected chi connectivity index (χ1v) is 9.66. The second kappa shape index (κ2) is 7.04. The zero-order valence-corrected chi connectivity index (χ0v) is 16.4. The number of hydrogen-bond donors (Lipinski definition) is 1. The number of amides is 2. The maximum absolute atomic E-state index is 13.8. The molecule has 0 unspecified atom stereocenters. The van der Waals surface area contributed by atoms with Gasteiger partial charge in [0, 0.05) is 49.7 Å². The van der Waals surface area contributed by atoms with E-state index in [2.05, 4.69) is 10.2 Å². The summed E-state index contributed by atoms with van der Waals surface area (Å²) >= 11 is 0. The maximum atomic E-state index is 13.8. The lowest BCUT2D eigenvalue weighted by atomic mass is 9.89. The third-order valence-electron chi connectivity index (χ3n) is 6.22. The molecule has 0 spiro atoms. The van der Waals surface area contributed by atoms with Crippen LogP contribution in [0.25, 0.3) is 0 Å². The van der Waals surface area contributed by atoms with Crippen LogP contribution < -0.4 is 0 Å². The molecule has 3 heterocycles. The zero-order valence-electron chi connectivity index (χ0n) is 16.4. The van der Waals surface area contributed by atoms with Gasteiger partial charge in [-0.15, -0.1) is 0 Å². The Kier molecular flexibility index (Phi) is 4.69. The smallest absolute Gasteiger partial charge is 0.227 e. The topological polar surface area (TPSA) is 69.3 Å². The highest BCUT2D eigenvalue weighted by molar-refractivity contribution is 5.80. The number of hydrogen-bond acceptors (Lipinski definition) is 3. The van der Waals surface area contributed by atoms with Crippen LogP contribution in [-0.2, 0) is 16.0 Å². The number of carbonyl (C=O) groups excluding carboxylic acids is 2. The molecule has 2 saturated heterocycles. The number of fused-ring (bicyclic) bond motifs is 1. The minimum Gasteiger partial charge on any atom is -0.342 e. The molecule has 2 aliphatic rings. The van der Waals surface area contributed by atoms with Gasteiger partial charge in [-0.05, 0) is 31.5 Å². The highest BCUT2D eigenvalue weighted by Gasteiger charge is 2.49. The number of aryl methyl sites for hydroxylation is 2. The highest BCUT2D eigenvalue weighted by Crippen LogP contribution is 2.45. The number of nitrogens with zero attached hydrogens (tertiary/aromatic N) is 3. The molecule has 2 fully saturated rings. The molecule has 0 saturated carbocycles. The molecule has 1 N–H and O–H groups in total. The van der Waals surface area contributed by atoms with E-state index in [9.17, 15) is 14.0 Å². The minimum absolute atomic E-state index is 0.00816. The summed E-state index contributed by atoms with van der Waals surface area (Å²) in [6.45, 7) is 7.20. The first-order valence-electron chi connectivity index (χ1n) is 9.66. The lowest BCUT2D eigenvalue weighted by Gasteiger charge is -2.29. The molecular formula is C21H25FN4O2. The lowest BCUT2D eigenvalue weighted by molar-refractivity contribution is -0.131. The van der Waals surface area contributed by atoms with Gasteiger partial charge in [-0.2, -0.15) is 5.10 Å². The van der Waals surface area contributed by atoms with E-state index in [0.717, 1.165) is 22.5 Å². The minimum atomic E-state index is -0.304. The molecule has 7 heteroatoms. The molecular weight excluding hydrogens is 359 g/mol. The zero-order chi connectivity index (χ0) is 20.0. The van der Waals surface area contributed by atoms with Gasteiger partial charge in [0.05, 0.1) is 18.2 Å². The summed E-state index contributed by atoms with van der Waals surface area (Å²) < 4.78 is 13.8. The van der Waals surface area contributed by atoms with E-state index in [0.29, 0.717) is 26.1 Å². The first-order chi connectivity index (χ1) is 13.3. The predicted molar refractivity (Wildman–Crippen MR) is 102 cm³/mol. The van der Waals surface area contributed by atoms with Crippen molar-refractivity contribution >= 4 is 11.8 Å². The fraction of sp³-hybridized carbons (Fsp3) is 0.476. The number of H-pyrrole nitrogens is 1. The summed E-state index contributed by atoms with van der Waals surface area (Å²) in [6.07, 6.45) is 0.328. The number of likely N-dealkylation sites (tertiary alicyclic amines) is 2. The largest absolute Gasteiger partial charge is 0.342 e. The molecule has 0 radical (unpaired) electrons. The Balaban J connectivity index is 1.54. The number of aromatic nitrogens is 2. The molecule has 2 aliphatic heterocycles. The number of benzene rings is 1. The molecule has 6 nitrogen and oxygen atoms in total. The SMILES string of the molecule is CC(=O)N1C[C@H]2CN(C(=O)Cc3c(C)n[nH]c3C)C[C@H]2[C@@H]1c1cccc(F)c1. The Labute approximate surface area is 163 Å². The van der Waals surface area contributed by atoms with Crippen LogP contribution in [0.2, 0.25) is 0 Å².